The summed E-state index contributed by atoms with van der Waals surface area (Å²) in [4.78, 5) is 8.84. The summed E-state index contributed by atoms with van der Waals surface area (Å²) in [5, 5.41) is 0. The molecule has 0 bridgehead atoms. The van der Waals surface area contributed by atoms with E-state index < -0.39 is 6.67 Å². The number of aromatic nitrogens is 2. The van der Waals surface area contributed by atoms with Crippen molar-refractivity contribution in [1.29, 1.82) is 0 Å². The van der Waals surface area contributed by atoms with Crippen LogP contribution in [-0.4, -0.2) is 9.97 Å². The molecule has 3 heteroatoms. The summed E-state index contributed by atoms with van der Waals surface area (Å²) in [6.07, 6.45) is 3.06. The Balaban J connectivity index is 2.58. The molecular formula is C15H23FN2. The van der Waals surface area contributed by atoms with Crippen molar-refractivity contribution in [1.82, 2.24) is 9.97 Å². The fourth-order valence-electron chi connectivity index (χ4n) is 2.68. The van der Waals surface area contributed by atoms with Gasteiger partial charge in [-0.3, -0.25) is 0 Å². The number of rotatable bonds is 1. The topological polar surface area (TPSA) is 25.8 Å². The van der Waals surface area contributed by atoms with E-state index in [1.54, 1.807) is 0 Å². The van der Waals surface area contributed by atoms with E-state index in [1.165, 1.54) is 5.56 Å². The summed E-state index contributed by atoms with van der Waals surface area (Å²) in [6, 6.07) is 0. The van der Waals surface area contributed by atoms with Crippen LogP contribution in [-0.2, 0) is 24.9 Å². The van der Waals surface area contributed by atoms with Crippen LogP contribution in [0.3, 0.4) is 0 Å². The molecule has 0 fully saturated rings. The number of nitrogens with zero attached hydrogens (tertiary/aromatic N) is 2. The molecule has 0 saturated carbocycles. The summed E-state index contributed by atoms with van der Waals surface area (Å²) in [7, 11) is 0. The molecule has 0 unspecified atom stereocenters. The van der Waals surface area contributed by atoms with E-state index in [0.717, 1.165) is 30.7 Å². The Kier molecular flexibility index (Phi) is 3.20. The van der Waals surface area contributed by atoms with Gasteiger partial charge in [-0.15, -0.1) is 0 Å². The van der Waals surface area contributed by atoms with Gasteiger partial charge in [0.1, 0.15) is 6.67 Å². The zero-order valence-corrected chi connectivity index (χ0v) is 12.1. The SMILES string of the molecule is CC1(C)CCc2nc(CF)nc(C(C)(C)C)c2C1. The van der Waals surface area contributed by atoms with Crippen LogP contribution in [0.15, 0.2) is 0 Å². The van der Waals surface area contributed by atoms with Crippen LogP contribution in [0.5, 0.6) is 0 Å². The van der Waals surface area contributed by atoms with Crippen molar-refractivity contribution in [3.63, 3.8) is 0 Å². The van der Waals surface area contributed by atoms with Crippen molar-refractivity contribution in [2.45, 2.75) is 66.0 Å². The Morgan fingerprint density at radius 1 is 1.22 bits per heavy atom. The normalized spacial score (nSPS) is 18.6. The highest BCUT2D eigenvalue weighted by molar-refractivity contribution is 5.34. The third-order valence-corrected chi connectivity index (χ3v) is 3.66. The lowest BCUT2D eigenvalue weighted by molar-refractivity contribution is 0.305. The molecule has 1 heterocycles. The van der Waals surface area contributed by atoms with Gasteiger partial charge >= 0.3 is 0 Å². The van der Waals surface area contributed by atoms with E-state index in [-0.39, 0.29) is 5.41 Å². The van der Waals surface area contributed by atoms with Gasteiger partial charge in [-0.05, 0) is 30.2 Å². The number of hydrogen-bond acceptors (Lipinski definition) is 2. The molecule has 0 saturated heterocycles. The molecule has 2 rings (SSSR count). The number of halogens is 1. The Morgan fingerprint density at radius 3 is 2.44 bits per heavy atom. The lowest BCUT2D eigenvalue weighted by atomic mass is 9.73. The molecule has 0 N–H and O–H groups in total. The van der Waals surface area contributed by atoms with Crippen molar-refractivity contribution < 1.29 is 4.39 Å². The highest BCUT2D eigenvalue weighted by Crippen LogP contribution is 2.38. The third kappa shape index (κ3) is 2.55. The Bertz CT molecular complexity index is 458. The quantitative estimate of drug-likeness (QED) is 0.758. The van der Waals surface area contributed by atoms with Gasteiger partial charge in [0.25, 0.3) is 0 Å². The van der Waals surface area contributed by atoms with Gasteiger partial charge in [-0.25, -0.2) is 14.4 Å². The maximum atomic E-state index is 12.9. The van der Waals surface area contributed by atoms with Crippen molar-refractivity contribution in [2.24, 2.45) is 5.41 Å². The van der Waals surface area contributed by atoms with Gasteiger partial charge in [0.05, 0.1) is 5.69 Å². The van der Waals surface area contributed by atoms with Crippen LogP contribution in [0.1, 0.15) is 63.8 Å². The van der Waals surface area contributed by atoms with Gasteiger partial charge in [0, 0.05) is 11.1 Å². The van der Waals surface area contributed by atoms with Gasteiger partial charge in [0.15, 0.2) is 5.82 Å². The van der Waals surface area contributed by atoms with Gasteiger partial charge < -0.3 is 0 Å². The molecule has 1 aromatic rings. The zero-order chi connectivity index (χ0) is 13.6. The molecule has 0 atom stereocenters. The molecule has 2 nitrogen and oxygen atoms in total. The number of alkyl halides is 1. The zero-order valence-electron chi connectivity index (χ0n) is 12.1. The minimum atomic E-state index is -0.570. The first kappa shape index (κ1) is 13.4. The second-order valence-electron chi connectivity index (χ2n) is 7.14. The molecule has 1 aromatic heterocycles. The van der Waals surface area contributed by atoms with Gasteiger partial charge in [-0.1, -0.05) is 34.6 Å². The standard InChI is InChI=1S/C15H23FN2/c1-14(2,3)13-10-8-15(4,5)7-6-11(10)17-12(9-16)18-13/h6-9H2,1-5H3. The number of hydrogen-bond donors (Lipinski definition) is 0. The molecule has 18 heavy (non-hydrogen) atoms. The average Bonchev–Trinajstić information content (AvgIpc) is 2.25. The van der Waals surface area contributed by atoms with E-state index in [1.807, 2.05) is 0 Å². The second kappa shape index (κ2) is 4.29. The molecule has 0 amide bonds. The van der Waals surface area contributed by atoms with Crippen LogP contribution in [0.25, 0.3) is 0 Å². The van der Waals surface area contributed by atoms with Crippen LogP contribution >= 0.6 is 0 Å². The first-order valence-electron chi connectivity index (χ1n) is 6.68. The Morgan fingerprint density at radius 2 is 1.89 bits per heavy atom. The first-order chi connectivity index (χ1) is 8.23. The molecule has 100 valence electrons. The lowest BCUT2D eigenvalue weighted by Gasteiger charge is -2.34. The van der Waals surface area contributed by atoms with Crippen molar-refractivity contribution in [3.05, 3.63) is 22.8 Å². The molecule has 0 radical (unpaired) electrons. The Labute approximate surface area is 109 Å². The van der Waals surface area contributed by atoms with Crippen LogP contribution in [0.4, 0.5) is 4.39 Å². The van der Waals surface area contributed by atoms with E-state index >= 15 is 0 Å². The van der Waals surface area contributed by atoms with Crippen LogP contribution in [0, 0.1) is 5.41 Å². The summed E-state index contributed by atoms with van der Waals surface area (Å²) >= 11 is 0. The van der Waals surface area contributed by atoms with Crippen molar-refractivity contribution in [2.75, 3.05) is 0 Å². The van der Waals surface area contributed by atoms with Crippen LogP contribution in [0.2, 0.25) is 0 Å². The molecule has 1 aliphatic carbocycles. The number of aryl methyl sites for hydroxylation is 1. The number of fused-ring (bicyclic) bond motifs is 1. The van der Waals surface area contributed by atoms with E-state index in [2.05, 4.69) is 44.6 Å². The summed E-state index contributed by atoms with van der Waals surface area (Å²) in [6.45, 7) is 10.4. The van der Waals surface area contributed by atoms with Crippen LogP contribution < -0.4 is 0 Å². The smallest absolute Gasteiger partial charge is 0.159 e. The monoisotopic (exact) mass is 250 g/mol. The van der Waals surface area contributed by atoms with E-state index in [4.69, 9.17) is 0 Å². The average molecular weight is 250 g/mol. The van der Waals surface area contributed by atoms with E-state index in [9.17, 15) is 4.39 Å². The first-order valence-corrected chi connectivity index (χ1v) is 6.68. The molecule has 1 aliphatic rings. The highest BCUT2D eigenvalue weighted by atomic mass is 19.1. The largest absolute Gasteiger partial charge is 0.242 e. The minimum absolute atomic E-state index is 0.0512. The highest BCUT2D eigenvalue weighted by Gasteiger charge is 2.32. The lowest BCUT2D eigenvalue weighted by Crippen LogP contribution is -2.29. The predicted molar refractivity (Wildman–Crippen MR) is 71.4 cm³/mol. The molecule has 0 aromatic carbocycles. The fourth-order valence-corrected chi connectivity index (χ4v) is 2.68. The Hall–Kier alpha value is -0.990. The molecule has 0 aliphatic heterocycles. The minimum Gasteiger partial charge on any atom is -0.242 e. The summed E-state index contributed by atoms with van der Waals surface area (Å²) < 4.78 is 12.9. The second-order valence-corrected chi connectivity index (χ2v) is 7.14. The predicted octanol–water partition coefficient (Wildman–Crippen LogP) is 3.76. The molecule has 0 spiro atoms. The fraction of sp³-hybridized carbons (Fsp3) is 0.733. The van der Waals surface area contributed by atoms with Gasteiger partial charge in [0.2, 0.25) is 0 Å². The summed E-state index contributed by atoms with van der Waals surface area (Å²) in [5.74, 6) is 0.346. The third-order valence-electron chi connectivity index (χ3n) is 3.66. The maximum Gasteiger partial charge on any atom is 0.159 e. The molecular weight excluding hydrogens is 227 g/mol. The van der Waals surface area contributed by atoms with E-state index in [0.29, 0.717) is 11.2 Å². The maximum absolute atomic E-state index is 12.9. The van der Waals surface area contributed by atoms with Crippen molar-refractivity contribution >= 4 is 0 Å². The summed E-state index contributed by atoms with van der Waals surface area (Å²) in [5.41, 5.74) is 3.61. The van der Waals surface area contributed by atoms with Crippen molar-refractivity contribution in [3.8, 4) is 0 Å². The van der Waals surface area contributed by atoms with Gasteiger partial charge in [-0.2, -0.15) is 0 Å².